The number of rotatable bonds is 5. The van der Waals surface area contributed by atoms with Gasteiger partial charge in [-0.15, -0.1) is 0 Å². The summed E-state index contributed by atoms with van der Waals surface area (Å²) in [6.07, 6.45) is 1.42. The Morgan fingerprint density at radius 2 is 1.72 bits per heavy atom. The van der Waals surface area contributed by atoms with E-state index in [4.69, 9.17) is 5.14 Å². The summed E-state index contributed by atoms with van der Waals surface area (Å²) < 4.78 is 22.5. The van der Waals surface area contributed by atoms with E-state index in [-0.39, 0.29) is 22.0 Å². The summed E-state index contributed by atoms with van der Waals surface area (Å²) in [7, 11) is -3.85. The Labute approximate surface area is 165 Å². The fourth-order valence-electron chi connectivity index (χ4n) is 2.52. The highest BCUT2D eigenvalue weighted by atomic mass is 32.2. The van der Waals surface area contributed by atoms with Gasteiger partial charge in [-0.3, -0.25) is 9.59 Å². The lowest BCUT2D eigenvalue weighted by molar-refractivity contribution is -0.127. The standard InChI is InChI=1S/C18H16N4O6S/c19-29(27,28)14-7-3-12(4-8-14)20-16(24)10-22-17(25)15(21-18(22)26)9-11-1-5-13(23)6-2-11/h1-9,23H,10H2,(H,20,24)(H,21,26)(H2,19,27,28)/b15-9-. The highest BCUT2D eigenvalue weighted by Gasteiger charge is 2.34. The molecule has 0 aliphatic carbocycles. The third-order valence-corrected chi connectivity index (χ3v) is 4.86. The highest BCUT2D eigenvalue weighted by Crippen LogP contribution is 2.17. The summed E-state index contributed by atoms with van der Waals surface area (Å²) in [5, 5.41) is 19.1. The molecule has 0 atom stereocenters. The van der Waals surface area contributed by atoms with Crippen molar-refractivity contribution in [1.29, 1.82) is 0 Å². The summed E-state index contributed by atoms with van der Waals surface area (Å²) in [6, 6.07) is 10.3. The van der Waals surface area contributed by atoms with Crippen molar-refractivity contribution in [2.24, 2.45) is 5.14 Å². The summed E-state index contributed by atoms with van der Waals surface area (Å²) in [4.78, 5) is 37.2. The largest absolute Gasteiger partial charge is 0.508 e. The number of carbonyl (C=O) groups excluding carboxylic acids is 3. The van der Waals surface area contributed by atoms with E-state index >= 15 is 0 Å². The fourth-order valence-corrected chi connectivity index (χ4v) is 3.04. The number of benzene rings is 2. The molecule has 11 heteroatoms. The van der Waals surface area contributed by atoms with Gasteiger partial charge in [0.2, 0.25) is 15.9 Å². The zero-order chi connectivity index (χ0) is 21.2. The molecule has 2 aromatic carbocycles. The number of nitrogens with two attached hydrogens (primary N) is 1. The Kier molecular flexibility index (Phi) is 5.35. The van der Waals surface area contributed by atoms with Crippen LogP contribution >= 0.6 is 0 Å². The van der Waals surface area contributed by atoms with Gasteiger partial charge in [0, 0.05) is 5.69 Å². The summed E-state index contributed by atoms with van der Waals surface area (Å²) >= 11 is 0. The second-order valence-corrected chi connectivity index (χ2v) is 7.65. The van der Waals surface area contributed by atoms with E-state index in [1.807, 2.05) is 0 Å². The molecule has 150 valence electrons. The molecule has 1 aliphatic rings. The number of sulfonamides is 1. The van der Waals surface area contributed by atoms with Crippen LogP contribution in [-0.4, -0.2) is 42.8 Å². The van der Waals surface area contributed by atoms with Crippen molar-refractivity contribution in [2.45, 2.75) is 4.90 Å². The van der Waals surface area contributed by atoms with Gasteiger partial charge in [-0.2, -0.15) is 0 Å². The lowest BCUT2D eigenvalue weighted by atomic mass is 10.2. The van der Waals surface area contributed by atoms with Gasteiger partial charge in [0.05, 0.1) is 4.90 Å². The van der Waals surface area contributed by atoms with Crippen molar-refractivity contribution in [3.05, 3.63) is 59.8 Å². The average Bonchev–Trinajstić information content (AvgIpc) is 2.91. The molecule has 0 unspecified atom stereocenters. The Bertz CT molecular complexity index is 1110. The van der Waals surface area contributed by atoms with Crippen LogP contribution in [0.2, 0.25) is 0 Å². The van der Waals surface area contributed by atoms with Crippen LogP contribution in [0.25, 0.3) is 6.08 Å². The van der Waals surface area contributed by atoms with Gasteiger partial charge in [0.15, 0.2) is 0 Å². The molecular formula is C18H16N4O6S. The van der Waals surface area contributed by atoms with Crippen molar-refractivity contribution >= 4 is 39.6 Å². The van der Waals surface area contributed by atoms with E-state index in [9.17, 15) is 27.9 Å². The molecule has 1 heterocycles. The quantitative estimate of drug-likeness (QED) is 0.412. The Morgan fingerprint density at radius 3 is 2.31 bits per heavy atom. The predicted octanol–water partition coefficient (Wildman–Crippen LogP) is 0.571. The van der Waals surface area contributed by atoms with Crippen LogP contribution in [0, 0.1) is 0 Å². The number of hydrogen-bond donors (Lipinski definition) is 4. The zero-order valence-corrected chi connectivity index (χ0v) is 15.6. The monoisotopic (exact) mass is 416 g/mol. The minimum Gasteiger partial charge on any atom is -0.508 e. The molecule has 0 saturated carbocycles. The van der Waals surface area contributed by atoms with E-state index in [1.54, 1.807) is 12.1 Å². The molecule has 0 radical (unpaired) electrons. The first kappa shape index (κ1) is 20.0. The van der Waals surface area contributed by atoms with Gasteiger partial charge in [0.1, 0.15) is 18.0 Å². The molecule has 1 fully saturated rings. The average molecular weight is 416 g/mol. The minimum atomic E-state index is -3.85. The molecule has 1 aliphatic heterocycles. The number of phenolic OH excluding ortho intramolecular Hbond substituents is 1. The van der Waals surface area contributed by atoms with E-state index in [0.717, 1.165) is 4.90 Å². The van der Waals surface area contributed by atoms with Crippen LogP contribution in [0.3, 0.4) is 0 Å². The lowest BCUT2D eigenvalue weighted by Crippen LogP contribution is -2.38. The molecule has 1 saturated heterocycles. The van der Waals surface area contributed by atoms with Gasteiger partial charge in [0.25, 0.3) is 5.91 Å². The SMILES string of the molecule is NS(=O)(=O)c1ccc(NC(=O)CN2C(=O)N/C(=C\c3ccc(O)cc3)C2=O)cc1. The molecule has 2 aromatic rings. The molecular weight excluding hydrogens is 400 g/mol. The van der Waals surface area contributed by atoms with Crippen LogP contribution in [0.4, 0.5) is 10.5 Å². The number of primary sulfonamides is 1. The fraction of sp³-hybridized carbons (Fsp3) is 0.0556. The number of anilines is 1. The second kappa shape index (κ2) is 7.73. The first-order valence-electron chi connectivity index (χ1n) is 8.20. The molecule has 5 N–H and O–H groups in total. The smallest absolute Gasteiger partial charge is 0.329 e. The Hall–Kier alpha value is -3.70. The number of aromatic hydroxyl groups is 1. The van der Waals surface area contributed by atoms with Gasteiger partial charge >= 0.3 is 6.03 Å². The van der Waals surface area contributed by atoms with E-state index in [0.29, 0.717) is 5.56 Å². The number of carbonyl (C=O) groups is 3. The maximum absolute atomic E-state index is 12.4. The van der Waals surface area contributed by atoms with Crippen molar-refractivity contribution in [3.8, 4) is 5.75 Å². The topological polar surface area (TPSA) is 159 Å². The molecule has 4 amide bonds. The molecule has 0 bridgehead atoms. The maximum atomic E-state index is 12.4. The summed E-state index contributed by atoms with van der Waals surface area (Å²) in [5.41, 5.74) is 0.841. The van der Waals surface area contributed by atoms with Crippen LogP contribution in [0.5, 0.6) is 5.75 Å². The molecule has 10 nitrogen and oxygen atoms in total. The number of nitrogens with zero attached hydrogens (tertiary/aromatic N) is 1. The number of urea groups is 1. The molecule has 3 rings (SSSR count). The van der Waals surface area contributed by atoms with Crippen LogP contribution in [0.1, 0.15) is 5.56 Å². The first-order valence-corrected chi connectivity index (χ1v) is 9.74. The van der Waals surface area contributed by atoms with E-state index in [2.05, 4.69) is 10.6 Å². The Balaban J connectivity index is 1.66. The number of nitrogens with one attached hydrogen (secondary N) is 2. The van der Waals surface area contributed by atoms with Crippen molar-refractivity contribution in [1.82, 2.24) is 10.2 Å². The van der Waals surface area contributed by atoms with Gasteiger partial charge in [-0.05, 0) is 48.0 Å². The van der Waals surface area contributed by atoms with Crippen LogP contribution in [0.15, 0.2) is 59.1 Å². The number of phenols is 1. The van der Waals surface area contributed by atoms with E-state index in [1.165, 1.54) is 42.5 Å². The molecule has 29 heavy (non-hydrogen) atoms. The second-order valence-electron chi connectivity index (χ2n) is 6.09. The van der Waals surface area contributed by atoms with Crippen molar-refractivity contribution in [3.63, 3.8) is 0 Å². The third-order valence-electron chi connectivity index (χ3n) is 3.93. The number of imide groups is 1. The summed E-state index contributed by atoms with van der Waals surface area (Å²) in [6.45, 7) is -0.533. The molecule has 0 spiro atoms. The van der Waals surface area contributed by atoms with Gasteiger partial charge in [-0.25, -0.2) is 23.3 Å². The number of amides is 4. The normalized spacial score (nSPS) is 15.5. The van der Waals surface area contributed by atoms with Crippen molar-refractivity contribution in [2.75, 3.05) is 11.9 Å². The maximum Gasteiger partial charge on any atom is 0.329 e. The van der Waals surface area contributed by atoms with Crippen LogP contribution < -0.4 is 15.8 Å². The summed E-state index contributed by atoms with van der Waals surface area (Å²) in [5.74, 6) is -1.27. The highest BCUT2D eigenvalue weighted by molar-refractivity contribution is 7.89. The lowest BCUT2D eigenvalue weighted by Gasteiger charge is -2.12. The zero-order valence-electron chi connectivity index (χ0n) is 14.8. The third kappa shape index (κ3) is 4.78. The minimum absolute atomic E-state index is 0.00834. The van der Waals surface area contributed by atoms with Gasteiger partial charge < -0.3 is 15.7 Å². The predicted molar refractivity (Wildman–Crippen MR) is 103 cm³/mol. The Morgan fingerprint density at radius 1 is 1.10 bits per heavy atom. The number of hydrogen-bond acceptors (Lipinski definition) is 6. The first-order chi connectivity index (χ1) is 13.6. The van der Waals surface area contributed by atoms with Crippen molar-refractivity contribution < 1.29 is 27.9 Å². The molecule has 0 aromatic heterocycles. The van der Waals surface area contributed by atoms with Crippen LogP contribution in [-0.2, 0) is 19.6 Å². The van der Waals surface area contributed by atoms with E-state index < -0.39 is 34.4 Å². The van der Waals surface area contributed by atoms with Gasteiger partial charge in [-0.1, -0.05) is 12.1 Å².